The molecule has 0 saturated carbocycles. The molecule has 0 unspecified atom stereocenters. The summed E-state index contributed by atoms with van der Waals surface area (Å²) >= 11 is 0. The fourth-order valence-electron chi connectivity index (χ4n) is 6.39. The summed E-state index contributed by atoms with van der Waals surface area (Å²) in [5.74, 6) is 0. The third kappa shape index (κ3) is 3.79. The maximum Gasteiger partial charge on any atom is 0.135 e. The molecule has 0 amide bonds. The van der Waals surface area contributed by atoms with E-state index in [0.717, 1.165) is 65.7 Å². The minimum atomic E-state index is -0.482. The lowest BCUT2D eigenvalue weighted by molar-refractivity contribution is 0.669. The van der Waals surface area contributed by atoms with E-state index in [1.54, 1.807) is 6.07 Å². The van der Waals surface area contributed by atoms with Gasteiger partial charge >= 0.3 is 0 Å². The highest BCUT2D eigenvalue weighted by molar-refractivity contribution is 6.22. The van der Waals surface area contributed by atoms with Crippen molar-refractivity contribution in [2.75, 3.05) is 0 Å². The molecule has 1 heterocycles. The monoisotopic (exact) mass is 553 g/mol. The minimum Gasteiger partial charge on any atom is -0.456 e. The molecule has 0 saturated heterocycles. The van der Waals surface area contributed by atoms with Crippen LogP contribution in [0.25, 0.3) is 87.6 Å². The van der Waals surface area contributed by atoms with Crippen LogP contribution < -0.4 is 0 Å². The summed E-state index contributed by atoms with van der Waals surface area (Å²) in [6, 6.07) is 36.1. The van der Waals surface area contributed by atoms with E-state index < -0.39 is 18.1 Å². The maximum absolute atomic E-state index is 9.12. The number of hydrogen-bond acceptors (Lipinski definition) is 1. The van der Waals surface area contributed by atoms with E-state index >= 15 is 0 Å². The predicted octanol–water partition coefficient (Wildman–Crippen LogP) is 12.0. The van der Waals surface area contributed by atoms with Crippen LogP contribution in [0.2, 0.25) is 0 Å². The van der Waals surface area contributed by atoms with E-state index in [9.17, 15) is 0 Å². The molecule has 1 nitrogen and oxygen atoms in total. The van der Waals surface area contributed by atoms with Crippen LogP contribution in [0.15, 0.2) is 162 Å². The van der Waals surface area contributed by atoms with Crippen LogP contribution >= 0.6 is 0 Å². The molecule has 0 aliphatic heterocycles. The Hall–Kier alpha value is -5.66. The first-order valence-corrected chi connectivity index (χ1v) is 14.2. The number of para-hydroxylation sites is 1. The number of benzene rings is 8. The Morgan fingerprint density at radius 2 is 0.977 bits per heavy atom. The Balaban J connectivity index is 1.31. The molecular formula is C42H26O. The highest BCUT2D eigenvalue weighted by Crippen LogP contribution is 2.45. The number of rotatable bonds is 3. The van der Waals surface area contributed by atoms with Crippen molar-refractivity contribution in [2.24, 2.45) is 0 Å². The molecule has 9 rings (SSSR count). The molecule has 1 aromatic heterocycles. The van der Waals surface area contributed by atoms with E-state index in [2.05, 4.69) is 42.5 Å². The fourth-order valence-corrected chi connectivity index (χ4v) is 6.39. The van der Waals surface area contributed by atoms with E-state index in [-0.39, 0.29) is 40.5 Å². The van der Waals surface area contributed by atoms with Gasteiger partial charge < -0.3 is 4.42 Å². The van der Waals surface area contributed by atoms with Gasteiger partial charge in [-0.05, 0) is 96.0 Å². The van der Waals surface area contributed by atoms with Gasteiger partial charge in [0.25, 0.3) is 0 Å². The molecule has 0 N–H and O–H groups in total. The van der Waals surface area contributed by atoms with Crippen molar-refractivity contribution in [3.05, 3.63) is 158 Å². The second kappa shape index (κ2) is 9.44. The molecule has 0 fully saturated rings. The van der Waals surface area contributed by atoms with Crippen molar-refractivity contribution < 1.29 is 14.0 Å². The third-order valence-corrected chi connectivity index (χ3v) is 8.29. The molecule has 1 heteroatoms. The average molecular weight is 554 g/mol. The van der Waals surface area contributed by atoms with Gasteiger partial charge in [0.05, 0.1) is 9.60 Å². The van der Waals surface area contributed by atoms with Gasteiger partial charge in [0.15, 0.2) is 0 Å². The molecule has 0 radical (unpaired) electrons. The van der Waals surface area contributed by atoms with E-state index in [0.29, 0.717) is 5.56 Å². The van der Waals surface area contributed by atoms with Crippen LogP contribution in [0, 0.1) is 0 Å². The van der Waals surface area contributed by atoms with Crippen molar-refractivity contribution in [2.45, 2.75) is 0 Å². The van der Waals surface area contributed by atoms with Crippen molar-refractivity contribution in [3.8, 4) is 33.4 Å². The Kier molecular flexibility index (Phi) is 3.95. The zero-order valence-corrected chi connectivity index (χ0v) is 22.9. The maximum atomic E-state index is 9.12. The molecule has 0 atom stereocenters. The number of hydrogen-bond donors (Lipinski definition) is 0. The van der Waals surface area contributed by atoms with Crippen LogP contribution in [0.3, 0.4) is 0 Å². The Labute approximate surface area is 259 Å². The molecule has 0 aliphatic carbocycles. The quantitative estimate of drug-likeness (QED) is 0.198. The summed E-state index contributed by atoms with van der Waals surface area (Å²) in [6.07, 6.45) is 0. The molecule has 0 aliphatic rings. The second-order valence-electron chi connectivity index (χ2n) is 10.7. The Bertz CT molecular complexity index is 2850. The third-order valence-electron chi connectivity index (χ3n) is 8.29. The lowest BCUT2D eigenvalue weighted by Gasteiger charge is -2.18. The molecule has 0 bridgehead atoms. The molecular weight excluding hydrogens is 520 g/mol. The summed E-state index contributed by atoms with van der Waals surface area (Å²) in [5.41, 5.74) is 6.38. The lowest BCUT2D eigenvalue weighted by Crippen LogP contribution is -1.91. The van der Waals surface area contributed by atoms with Crippen molar-refractivity contribution >= 4 is 54.3 Å². The van der Waals surface area contributed by atoms with Crippen LogP contribution in [-0.4, -0.2) is 0 Å². The largest absolute Gasteiger partial charge is 0.456 e. The highest BCUT2D eigenvalue weighted by Gasteiger charge is 2.18. The highest BCUT2D eigenvalue weighted by atomic mass is 16.3. The van der Waals surface area contributed by atoms with Gasteiger partial charge in [-0.1, -0.05) is 127 Å². The second-order valence-corrected chi connectivity index (χ2v) is 10.7. The summed E-state index contributed by atoms with van der Waals surface area (Å²) in [7, 11) is 0. The van der Waals surface area contributed by atoms with Gasteiger partial charge in [0.2, 0.25) is 0 Å². The molecule has 43 heavy (non-hydrogen) atoms. The first-order chi connectivity index (χ1) is 24.2. The summed E-state index contributed by atoms with van der Waals surface area (Å²) in [6.45, 7) is 0. The van der Waals surface area contributed by atoms with Gasteiger partial charge in [-0.15, -0.1) is 0 Å². The molecule has 0 spiro atoms. The standard InChI is InChI=1S/C42H26O/c1-2-11-28-24-30(21-20-27(28)10-1)29-12-9-13-31(25-29)41-34-15-3-5-17-36(34)42(37-18-6-4-16-35(37)41)32-22-23-40-38(26-32)33-14-7-8-19-39(33)43-40/h1-26H/i1D,2D,10D,11D,20D,21D,24D. The number of fused-ring (bicyclic) bond motifs is 6. The van der Waals surface area contributed by atoms with E-state index in [4.69, 9.17) is 14.0 Å². The molecule has 9 aromatic rings. The number of furan rings is 1. The van der Waals surface area contributed by atoms with Crippen molar-refractivity contribution in [1.29, 1.82) is 0 Å². The summed E-state index contributed by atoms with van der Waals surface area (Å²) < 4.78 is 66.2. The summed E-state index contributed by atoms with van der Waals surface area (Å²) in [4.78, 5) is 0. The minimum absolute atomic E-state index is 0.0555. The van der Waals surface area contributed by atoms with E-state index in [1.807, 2.05) is 66.7 Å². The zero-order valence-electron chi connectivity index (χ0n) is 29.9. The van der Waals surface area contributed by atoms with Crippen LogP contribution in [-0.2, 0) is 0 Å². The van der Waals surface area contributed by atoms with Crippen LogP contribution in [0.4, 0.5) is 0 Å². The normalized spacial score (nSPS) is 14.0. The SMILES string of the molecule is [2H]c1c([2H])c([2H])c2c([2H])c(-c3cccc(-c4c5ccccc5c(-c5ccc6oc7ccccc7c6c5)c5ccccc45)c3)c([2H])c([2H])c2c1[2H]. The first kappa shape index (κ1) is 18.0. The van der Waals surface area contributed by atoms with Crippen LogP contribution in [0.5, 0.6) is 0 Å². The average Bonchev–Trinajstić information content (AvgIpc) is 3.51. The van der Waals surface area contributed by atoms with Crippen molar-refractivity contribution in [3.63, 3.8) is 0 Å². The smallest absolute Gasteiger partial charge is 0.135 e. The summed E-state index contributed by atoms with van der Waals surface area (Å²) in [5, 5.41) is 6.14. The fraction of sp³-hybridized carbons (Fsp3) is 0. The van der Waals surface area contributed by atoms with Gasteiger partial charge in [-0.3, -0.25) is 0 Å². The molecule has 200 valence electrons. The first-order valence-electron chi connectivity index (χ1n) is 17.7. The van der Waals surface area contributed by atoms with E-state index in [1.165, 1.54) is 0 Å². The van der Waals surface area contributed by atoms with Gasteiger partial charge in [0.1, 0.15) is 11.2 Å². The topological polar surface area (TPSA) is 13.1 Å². The Morgan fingerprint density at radius 1 is 0.395 bits per heavy atom. The molecule has 8 aromatic carbocycles. The predicted molar refractivity (Wildman–Crippen MR) is 183 cm³/mol. The lowest BCUT2D eigenvalue weighted by atomic mass is 9.85. The van der Waals surface area contributed by atoms with Gasteiger partial charge in [-0.25, -0.2) is 0 Å². The van der Waals surface area contributed by atoms with Crippen molar-refractivity contribution in [1.82, 2.24) is 0 Å². The van der Waals surface area contributed by atoms with Gasteiger partial charge in [0, 0.05) is 10.8 Å². The van der Waals surface area contributed by atoms with Gasteiger partial charge in [-0.2, -0.15) is 0 Å². The van der Waals surface area contributed by atoms with Crippen LogP contribution in [0.1, 0.15) is 9.60 Å². The Morgan fingerprint density at radius 3 is 1.70 bits per heavy atom. The zero-order chi connectivity index (χ0) is 34.4.